The summed E-state index contributed by atoms with van der Waals surface area (Å²) < 4.78 is 40.9. The first-order valence-corrected chi connectivity index (χ1v) is 9.39. The summed E-state index contributed by atoms with van der Waals surface area (Å²) >= 11 is 0. The molecule has 2 heterocycles. The Balaban J connectivity index is 1.96. The lowest BCUT2D eigenvalue weighted by Gasteiger charge is -2.40. The maximum absolute atomic E-state index is 12.3. The molecular weight excluding hydrogens is 393 g/mol. The Bertz CT molecular complexity index is 1010. The molecule has 7 heteroatoms. The Kier molecular flexibility index (Phi) is 5.60. The first-order valence-electron chi connectivity index (χ1n) is 9.39. The molecule has 158 valence electrons. The Morgan fingerprint density at radius 1 is 0.867 bits per heavy atom. The Hall–Kier alpha value is -2.93. The minimum Gasteiger partial charge on any atom is -0.406 e. The molecule has 1 N–H and O–H groups in total. The van der Waals surface area contributed by atoms with E-state index in [-0.39, 0.29) is 5.75 Å². The van der Waals surface area contributed by atoms with E-state index in [0.29, 0.717) is 28.1 Å². The quantitative estimate of drug-likeness (QED) is 0.599. The number of pyridine rings is 2. The molecule has 0 aliphatic heterocycles. The van der Waals surface area contributed by atoms with Crippen molar-refractivity contribution in [2.75, 3.05) is 0 Å². The molecule has 1 unspecified atom stereocenters. The van der Waals surface area contributed by atoms with Gasteiger partial charge in [-0.15, -0.1) is 13.2 Å². The van der Waals surface area contributed by atoms with Crippen molar-refractivity contribution in [3.63, 3.8) is 0 Å². The molecule has 0 aliphatic carbocycles. The van der Waals surface area contributed by atoms with E-state index in [1.807, 2.05) is 33.8 Å². The van der Waals surface area contributed by atoms with Gasteiger partial charge >= 0.3 is 6.36 Å². The van der Waals surface area contributed by atoms with Crippen LogP contribution in [0.1, 0.15) is 37.7 Å². The lowest BCUT2D eigenvalue weighted by atomic mass is 9.69. The second kappa shape index (κ2) is 7.72. The van der Waals surface area contributed by atoms with Gasteiger partial charge < -0.3 is 9.84 Å². The maximum Gasteiger partial charge on any atom is 0.573 e. The Labute approximate surface area is 173 Å². The molecule has 1 aromatic carbocycles. The van der Waals surface area contributed by atoms with Crippen LogP contribution in [0.3, 0.4) is 0 Å². The number of aryl methyl sites for hydroxylation is 1. The van der Waals surface area contributed by atoms with Crippen molar-refractivity contribution in [3.8, 4) is 16.9 Å². The molecule has 30 heavy (non-hydrogen) atoms. The van der Waals surface area contributed by atoms with E-state index in [4.69, 9.17) is 0 Å². The van der Waals surface area contributed by atoms with Crippen LogP contribution in [0.5, 0.6) is 5.75 Å². The van der Waals surface area contributed by atoms with Gasteiger partial charge in [-0.1, -0.05) is 45.0 Å². The molecular formula is C23H23F3N2O2. The number of aromatic nitrogens is 2. The largest absolute Gasteiger partial charge is 0.573 e. The number of hydrogen-bond donors (Lipinski definition) is 1. The van der Waals surface area contributed by atoms with Crippen LogP contribution in [0.15, 0.2) is 60.9 Å². The van der Waals surface area contributed by atoms with E-state index in [0.717, 1.165) is 0 Å². The number of nitrogens with zero attached hydrogens (tertiary/aromatic N) is 2. The summed E-state index contributed by atoms with van der Waals surface area (Å²) in [5.41, 5.74) is 1.27. The molecule has 3 aromatic rings. The fourth-order valence-corrected chi connectivity index (χ4v) is 3.42. The van der Waals surface area contributed by atoms with Crippen LogP contribution in [0.2, 0.25) is 0 Å². The molecule has 0 fully saturated rings. The first kappa shape index (κ1) is 21.8. The molecule has 4 nitrogen and oxygen atoms in total. The van der Waals surface area contributed by atoms with E-state index in [1.165, 1.54) is 24.3 Å². The number of hydrogen-bond acceptors (Lipinski definition) is 4. The van der Waals surface area contributed by atoms with Crippen LogP contribution in [0, 0.1) is 12.3 Å². The number of rotatable bonds is 4. The highest BCUT2D eigenvalue weighted by Gasteiger charge is 2.45. The maximum atomic E-state index is 12.3. The first-order chi connectivity index (χ1) is 13.9. The molecule has 0 radical (unpaired) electrons. The third kappa shape index (κ3) is 4.31. The minimum absolute atomic E-state index is 0.287. The van der Waals surface area contributed by atoms with Crippen molar-refractivity contribution in [2.24, 2.45) is 5.41 Å². The van der Waals surface area contributed by atoms with Crippen molar-refractivity contribution in [3.05, 3.63) is 77.9 Å². The summed E-state index contributed by atoms with van der Waals surface area (Å²) in [5.74, 6) is -0.287. The zero-order valence-corrected chi connectivity index (χ0v) is 17.2. The standard InChI is InChI=1S/C23H23F3N2O2/c1-15-19(6-5-13-27-15)22(29,21(2,3)4)20-12-9-17(14-28-20)16-7-10-18(11-8-16)30-23(24,25)26/h5-14,29H,1-4H3. The molecule has 1 atom stereocenters. The smallest absolute Gasteiger partial charge is 0.406 e. The summed E-state index contributed by atoms with van der Waals surface area (Å²) in [7, 11) is 0. The highest BCUT2D eigenvalue weighted by atomic mass is 19.4. The average Bonchev–Trinajstić information content (AvgIpc) is 2.66. The van der Waals surface area contributed by atoms with Crippen molar-refractivity contribution < 1.29 is 23.0 Å². The second-order valence-corrected chi connectivity index (χ2v) is 8.10. The number of halogens is 3. The Morgan fingerprint density at radius 2 is 1.50 bits per heavy atom. The lowest BCUT2D eigenvalue weighted by molar-refractivity contribution is -0.274. The third-order valence-electron chi connectivity index (χ3n) is 5.04. The van der Waals surface area contributed by atoms with Crippen molar-refractivity contribution in [1.29, 1.82) is 0 Å². The Morgan fingerprint density at radius 3 is 2.00 bits per heavy atom. The van der Waals surface area contributed by atoms with Crippen LogP contribution in [0.25, 0.3) is 11.1 Å². The predicted molar refractivity (Wildman–Crippen MR) is 108 cm³/mol. The molecule has 0 bridgehead atoms. The summed E-state index contributed by atoms with van der Waals surface area (Å²) in [6.45, 7) is 7.61. The van der Waals surface area contributed by atoms with Gasteiger partial charge in [0.1, 0.15) is 11.4 Å². The van der Waals surface area contributed by atoms with Gasteiger partial charge in [-0.3, -0.25) is 9.97 Å². The van der Waals surface area contributed by atoms with E-state index in [2.05, 4.69) is 14.7 Å². The van der Waals surface area contributed by atoms with Gasteiger partial charge in [-0.05, 0) is 36.8 Å². The van der Waals surface area contributed by atoms with E-state index in [1.54, 1.807) is 30.6 Å². The summed E-state index contributed by atoms with van der Waals surface area (Å²) in [4.78, 5) is 8.81. The van der Waals surface area contributed by atoms with E-state index >= 15 is 0 Å². The lowest BCUT2D eigenvalue weighted by Crippen LogP contribution is -2.42. The second-order valence-electron chi connectivity index (χ2n) is 8.10. The van der Waals surface area contributed by atoms with Crippen LogP contribution in [0.4, 0.5) is 13.2 Å². The normalized spacial score (nSPS) is 14.3. The minimum atomic E-state index is -4.73. The zero-order valence-electron chi connectivity index (χ0n) is 17.2. The van der Waals surface area contributed by atoms with Gasteiger partial charge in [0.15, 0.2) is 0 Å². The predicted octanol–water partition coefficient (Wildman–Crippen LogP) is 5.63. The highest BCUT2D eigenvalue weighted by Crippen LogP contribution is 2.44. The van der Waals surface area contributed by atoms with Gasteiger partial charge in [0.25, 0.3) is 0 Å². The van der Waals surface area contributed by atoms with Crippen LogP contribution < -0.4 is 4.74 Å². The summed E-state index contributed by atoms with van der Waals surface area (Å²) in [6.07, 6.45) is -1.46. The summed E-state index contributed by atoms with van der Waals surface area (Å²) in [5, 5.41) is 11.8. The summed E-state index contributed by atoms with van der Waals surface area (Å²) in [6, 6.07) is 12.7. The van der Waals surface area contributed by atoms with Crippen molar-refractivity contribution in [2.45, 2.75) is 39.7 Å². The van der Waals surface area contributed by atoms with E-state index in [9.17, 15) is 18.3 Å². The molecule has 0 saturated carbocycles. The number of benzene rings is 1. The average molecular weight is 416 g/mol. The SMILES string of the molecule is Cc1ncccc1C(O)(c1ccc(-c2ccc(OC(F)(F)F)cc2)cn1)C(C)(C)C. The molecule has 0 aliphatic rings. The topological polar surface area (TPSA) is 55.2 Å². The van der Waals surface area contributed by atoms with Crippen molar-refractivity contribution >= 4 is 0 Å². The number of ether oxygens (including phenoxy) is 1. The number of aliphatic hydroxyl groups is 1. The third-order valence-corrected chi connectivity index (χ3v) is 5.04. The van der Waals surface area contributed by atoms with Gasteiger partial charge in [-0.25, -0.2) is 0 Å². The van der Waals surface area contributed by atoms with Gasteiger partial charge in [0.2, 0.25) is 0 Å². The molecule has 3 rings (SSSR count). The molecule has 0 saturated heterocycles. The fourth-order valence-electron chi connectivity index (χ4n) is 3.42. The number of alkyl halides is 3. The highest BCUT2D eigenvalue weighted by molar-refractivity contribution is 5.63. The van der Waals surface area contributed by atoms with Crippen LogP contribution in [-0.4, -0.2) is 21.4 Å². The molecule has 2 aromatic heterocycles. The van der Waals surface area contributed by atoms with Gasteiger partial charge in [-0.2, -0.15) is 0 Å². The zero-order chi connectivity index (χ0) is 22.2. The van der Waals surface area contributed by atoms with Gasteiger partial charge in [0, 0.05) is 34.6 Å². The fraction of sp³-hybridized carbons (Fsp3) is 0.304. The van der Waals surface area contributed by atoms with Crippen LogP contribution >= 0.6 is 0 Å². The van der Waals surface area contributed by atoms with Crippen molar-refractivity contribution in [1.82, 2.24) is 9.97 Å². The molecule has 0 amide bonds. The molecule has 0 spiro atoms. The van der Waals surface area contributed by atoms with Gasteiger partial charge in [0.05, 0.1) is 5.69 Å². The monoisotopic (exact) mass is 416 g/mol. The van der Waals surface area contributed by atoms with Crippen LogP contribution in [-0.2, 0) is 5.60 Å². The van der Waals surface area contributed by atoms with E-state index < -0.39 is 17.4 Å².